The monoisotopic (exact) mass is 197 g/mol. The Hall–Kier alpha value is -0.570. The van der Waals surface area contributed by atoms with Crippen molar-refractivity contribution in [3.63, 3.8) is 0 Å². The van der Waals surface area contributed by atoms with Crippen LogP contribution in [0.1, 0.15) is 38.5 Å². The highest BCUT2D eigenvalue weighted by Gasteiger charge is 2.33. The first kappa shape index (κ1) is 9.97. The summed E-state index contributed by atoms with van der Waals surface area (Å²) in [4.78, 5) is 13.3. The van der Waals surface area contributed by atoms with Crippen LogP contribution in [0.5, 0.6) is 0 Å². The number of aliphatic carboxylic acids is 1. The van der Waals surface area contributed by atoms with Crippen molar-refractivity contribution in [1.82, 2.24) is 4.90 Å². The standard InChI is InChI=1S/C11H19NO2/c13-11(14)8-9-4-1-2-6-12-7-3-5-10(9)12/h9-10H,1-8H2,(H,13,14). The summed E-state index contributed by atoms with van der Waals surface area (Å²) in [6.45, 7) is 2.39. The molecule has 0 aromatic carbocycles. The lowest BCUT2D eigenvalue weighted by Gasteiger charge is -2.27. The largest absolute Gasteiger partial charge is 0.481 e. The maximum atomic E-state index is 10.7. The van der Waals surface area contributed by atoms with E-state index >= 15 is 0 Å². The molecule has 1 N–H and O–H groups in total. The van der Waals surface area contributed by atoms with Gasteiger partial charge in [0.1, 0.15) is 0 Å². The second-order valence-corrected chi connectivity index (χ2v) is 4.60. The molecule has 2 aliphatic rings. The number of nitrogens with zero attached hydrogens (tertiary/aromatic N) is 1. The average Bonchev–Trinajstić information content (AvgIpc) is 2.51. The van der Waals surface area contributed by atoms with Gasteiger partial charge in [0.25, 0.3) is 0 Å². The fraction of sp³-hybridized carbons (Fsp3) is 0.909. The van der Waals surface area contributed by atoms with Crippen molar-refractivity contribution in [2.24, 2.45) is 5.92 Å². The van der Waals surface area contributed by atoms with Gasteiger partial charge in [0.15, 0.2) is 0 Å². The van der Waals surface area contributed by atoms with E-state index in [1.54, 1.807) is 0 Å². The van der Waals surface area contributed by atoms with Crippen LogP contribution in [0.3, 0.4) is 0 Å². The van der Waals surface area contributed by atoms with Gasteiger partial charge >= 0.3 is 5.97 Å². The second kappa shape index (κ2) is 4.30. The average molecular weight is 197 g/mol. The van der Waals surface area contributed by atoms with Gasteiger partial charge in [-0.3, -0.25) is 4.79 Å². The molecular formula is C11H19NO2. The normalized spacial score (nSPS) is 33.7. The van der Waals surface area contributed by atoms with E-state index in [0.29, 0.717) is 18.4 Å². The number of rotatable bonds is 2. The van der Waals surface area contributed by atoms with Crippen molar-refractivity contribution in [2.75, 3.05) is 13.1 Å². The molecule has 3 nitrogen and oxygen atoms in total. The van der Waals surface area contributed by atoms with Crippen molar-refractivity contribution < 1.29 is 9.90 Å². The van der Waals surface area contributed by atoms with Crippen molar-refractivity contribution in [2.45, 2.75) is 44.6 Å². The van der Waals surface area contributed by atoms with Gasteiger partial charge in [0.2, 0.25) is 0 Å². The lowest BCUT2D eigenvalue weighted by molar-refractivity contribution is -0.138. The molecule has 14 heavy (non-hydrogen) atoms. The maximum absolute atomic E-state index is 10.7. The third kappa shape index (κ3) is 2.08. The molecule has 2 aliphatic heterocycles. The number of carboxylic acid groups (broad SMARTS) is 1. The molecule has 2 atom stereocenters. The Kier molecular flexibility index (Phi) is 3.06. The predicted molar refractivity (Wildman–Crippen MR) is 54.2 cm³/mol. The second-order valence-electron chi connectivity index (χ2n) is 4.60. The zero-order valence-electron chi connectivity index (χ0n) is 8.61. The van der Waals surface area contributed by atoms with Crippen LogP contribution >= 0.6 is 0 Å². The number of hydrogen-bond acceptors (Lipinski definition) is 2. The predicted octanol–water partition coefficient (Wildman–Crippen LogP) is 1.73. The van der Waals surface area contributed by atoms with E-state index in [4.69, 9.17) is 5.11 Å². The number of carbonyl (C=O) groups is 1. The number of fused-ring (bicyclic) bond motifs is 1. The molecule has 0 aromatic rings. The Morgan fingerprint density at radius 1 is 1.21 bits per heavy atom. The minimum Gasteiger partial charge on any atom is -0.481 e. The van der Waals surface area contributed by atoms with Crippen LogP contribution in [0, 0.1) is 5.92 Å². The Labute approximate surface area is 85.1 Å². The molecule has 2 saturated heterocycles. The fourth-order valence-corrected chi connectivity index (χ4v) is 3.04. The van der Waals surface area contributed by atoms with E-state index in [1.807, 2.05) is 0 Å². The van der Waals surface area contributed by atoms with Gasteiger partial charge in [-0.25, -0.2) is 0 Å². The van der Waals surface area contributed by atoms with Crippen molar-refractivity contribution >= 4 is 5.97 Å². The molecule has 0 aromatic heterocycles. The molecule has 2 unspecified atom stereocenters. The molecule has 0 spiro atoms. The Bertz CT molecular complexity index is 217. The first-order valence-corrected chi connectivity index (χ1v) is 5.73. The molecule has 2 fully saturated rings. The van der Waals surface area contributed by atoms with E-state index < -0.39 is 5.97 Å². The van der Waals surface area contributed by atoms with Crippen molar-refractivity contribution in [1.29, 1.82) is 0 Å². The maximum Gasteiger partial charge on any atom is 0.303 e. The van der Waals surface area contributed by atoms with E-state index in [1.165, 1.54) is 38.8 Å². The van der Waals surface area contributed by atoms with E-state index in [9.17, 15) is 4.79 Å². The number of hydrogen-bond donors (Lipinski definition) is 1. The van der Waals surface area contributed by atoms with Crippen molar-refractivity contribution in [3.05, 3.63) is 0 Å². The summed E-state index contributed by atoms with van der Waals surface area (Å²) in [6.07, 6.45) is 6.45. The van der Waals surface area contributed by atoms with Gasteiger partial charge in [-0.2, -0.15) is 0 Å². The quantitative estimate of drug-likeness (QED) is 0.733. The van der Waals surface area contributed by atoms with Gasteiger partial charge in [0, 0.05) is 12.5 Å². The third-order valence-electron chi connectivity index (χ3n) is 3.67. The summed E-state index contributed by atoms with van der Waals surface area (Å²) in [5.41, 5.74) is 0. The minimum atomic E-state index is -0.622. The smallest absolute Gasteiger partial charge is 0.303 e. The van der Waals surface area contributed by atoms with Crippen LogP contribution in [0.2, 0.25) is 0 Å². The zero-order chi connectivity index (χ0) is 9.97. The Morgan fingerprint density at radius 2 is 2.00 bits per heavy atom. The molecule has 0 aliphatic carbocycles. The zero-order valence-corrected chi connectivity index (χ0v) is 8.61. The van der Waals surface area contributed by atoms with Crippen LogP contribution in [-0.4, -0.2) is 35.1 Å². The van der Waals surface area contributed by atoms with Crippen molar-refractivity contribution in [3.8, 4) is 0 Å². The van der Waals surface area contributed by atoms with Gasteiger partial charge in [0.05, 0.1) is 0 Å². The SMILES string of the molecule is O=C(O)CC1CCCCN2CCCC12. The lowest BCUT2D eigenvalue weighted by atomic mass is 9.91. The molecular weight excluding hydrogens is 178 g/mol. The van der Waals surface area contributed by atoms with E-state index in [-0.39, 0.29) is 0 Å². The van der Waals surface area contributed by atoms with E-state index in [2.05, 4.69) is 4.90 Å². The molecule has 2 heterocycles. The topological polar surface area (TPSA) is 40.5 Å². The summed E-state index contributed by atoms with van der Waals surface area (Å²) in [5, 5.41) is 8.86. The lowest BCUT2D eigenvalue weighted by Crippen LogP contribution is -2.35. The molecule has 80 valence electrons. The first-order chi connectivity index (χ1) is 6.77. The summed E-state index contributed by atoms with van der Waals surface area (Å²) in [7, 11) is 0. The molecule has 0 radical (unpaired) electrons. The van der Waals surface area contributed by atoms with Crippen LogP contribution in [0.15, 0.2) is 0 Å². The Morgan fingerprint density at radius 3 is 2.79 bits per heavy atom. The van der Waals surface area contributed by atoms with Gasteiger partial charge in [-0.05, 0) is 44.7 Å². The van der Waals surface area contributed by atoms with Crippen LogP contribution in [0.4, 0.5) is 0 Å². The van der Waals surface area contributed by atoms with Crippen LogP contribution in [0.25, 0.3) is 0 Å². The summed E-state index contributed by atoms with van der Waals surface area (Å²) in [6, 6.07) is 0.577. The molecule has 0 saturated carbocycles. The van der Waals surface area contributed by atoms with E-state index in [0.717, 1.165) is 6.42 Å². The summed E-state index contributed by atoms with van der Waals surface area (Å²) >= 11 is 0. The van der Waals surface area contributed by atoms with Crippen LogP contribution < -0.4 is 0 Å². The highest BCUT2D eigenvalue weighted by molar-refractivity contribution is 5.67. The molecule has 2 rings (SSSR count). The third-order valence-corrected chi connectivity index (χ3v) is 3.67. The Balaban J connectivity index is 2.01. The summed E-state index contributed by atoms with van der Waals surface area (Å²) < 4.78 is 0. The molecule has 0 bridgehead atoms. The number of carboxylic acids is 1. The van der Waals surface area contributed by atoms with Crippen LogP contribution in [-0.2, 0) is 4.79 Å². The van der Waals surface area contributed by atoms with Gasteiger partial charge in [-0.1, -0.05) is 6.42 Å². The minimum absolute atomic E-state index is 0.376. The van der Waals surface area contributed by atoms with Gasteiger partial charge < -0.3 is 10.0 Å². The van der Waals surface area contributed by atoms with Gasteiger partial charge in [-0.15, -0.1) is 0 Å². The summed E-state index contributed by atoms with van der Waals surface area (Å²) in [5.74, 6) is -0.207. The first-order valence-electron chi connectivity index (χ1n) is 5.73. The fourth-order valence-electron chi connectivity index (χ4n) is 3.04. The highest BCUT2D eigenvalue weighted by Crippen LogP contribution is 2.32. The molecule has 0 amide bonds. The molecule has 3 heteroatoms. The highest BCUT2D eigenvalue weighted by atomic mass is 16.4.